The molecule has 0 spiro atoms. The SMILES string of the molecule is CCOCCN(CCOCC)C(=O)c1cc(Br)ccc1I. The molecule has 0 bridgehead atoms. The molecule has 0 atom stereocenters. The molecule has 1 rings (SSSR count). The highest BCUT2D eigenvalue weighted by Crippen LogP contribution is 2.20. The van der Waals surface area contributed by atoms with Crippen LogP contribution >= 0.6 is 38.5 Å². The Hall–Kier alpha value is -0.180. The summed E-state index contributed by atoms with van der Waals surface area (Å²) in [6, 6.07) is 5.73. The second kappa shape index (κ2) is 10.5. The zero-order valence-corrected chi connectivity index (χ0v) is 16.1. The zero-order chi connectivity index (χ0) is 15.7. The van der Waals surface area contributed by atoms with Crippen molar-refractivity contribution < 1.29 is 14.3 Å². The van der Waals surface area contributed by atoms with E-state index in [0.29, 0.717) is 45.1 Å². The second-order valence-electron chi connectivity index (χ2n) is 4.31. The van der Waals surface area contributed by atoms with Gasteiger partial charge in [-0.3, -0.25) is 4.79 Å². The molecule has 1 aromatic carbocycles. The number of amides is 1. The number of ether oxygens (including phenoxy) is 2. The molecule has 0 aliphatic heterocycles. The van der Waals surface area contributed by atoms with Crippen LogP contribution in [0.15, 0.2) is 22.7 Å². The molecule has 1 aromatic rings. The normalized spacial score (nSPS) is 10.7. The third-order valence-corrected chi connectivity index (χ3v) is 4.30. The van der Waals surface area contributed by atoms with E-state index in [9.17, 15) is 4.79 Å². The van der Waals surface area contributed by atoms with Gasteiger partial charge in [0.15, 0.2) is 0 Å². The lowest BCUT2D eigenvalue weighted by molar-refractivity contribution is 0.0549. The predicted octanol–water partition coefficient (Wildman–Crippen LogP) is 3.57. The number of halogens is 2. The van der Waals surface area contributed by atoms with Crippen LogP contribution in [0.2, 0.25) is 0 Å². The fourth-order valence-corrected chi connectivity index (χ4v) is 2.71. The molecular weight excluding hydrogens is 449 g/mol. The topological polar surface area (TPSA) is 38.8 Å². The molecule has 0 unspecified atom stereocenters. The smallest absolute Gasteiger partial charge is 0.255 e. The number of hydrogen-bond donors (Lipinski definition) is 0. The van der Waals surface area contributed by atoms with Gasteiger partial charge in [-0.05, 0) is 54.6 Å². The van der Waals surface area contributed by atoms with Crippen molar-refractivity contribution in [1.82, 2.24) is 4.90 Å². The van der Waals surface area contributed by atoms with Crippen molar-refractivity contribution in [3.8, 4) is 0 Å². The third kappa shape index (κ3) is 6.63. The molecule has 0 N–H and O–H groups in total. The Morgan fingerprint density at radius 3 is 2.29 bits per heavy atom. The minimum atomic E-state index is 0.0140. The number of hydrogen-bond acceptors (Lipinski definition) is 3. The molecule has 6 heteroatoms. The summed E-state index contributed by atoms with van der Waals surface area (Å²) in [5, 5.41) is 0. The summed E-state index contributed by atoms with van der Waals surface area (Å²) < 4.78 is 12.6. The van der Waals surface area contributed by atoms with Gasteiger partial charge < -0.3 is 14.4 Å². The fourth-order valence-electron chi connectivity index (χ4n) is 1.78. The van der Waals surface area contributed by atoms with Gasteiger partial charge in [0.1, 0.15) is 0 Å². The van der Waals surface area contributed by atoms with Gasteiger partial charge in [0.25, 0.3) is 5.91 Å². The van der Waals surface area contributed by atoms with Crippen molar-refractivity contribution in [1.29, 1.82) is 0 Å². The van der Waals surface area contributed by atoms with Crippen LogP contribution in [0, 0.1) is 3.57 Å². The van der Waals surface area contributed by atoms with E-state index in [-0.39, 0.29) is 5.91 Å². The van der Waals surface area contributed by atoms with E-state index in [2.05, 4.69) is 38.5 Å². The van der Waals surface area contributed by atoms with Crippen molar-refractivity contribution in [2.45, 2.75) is 13.8 Å². The molecule has 0 aromatic heterocycles. The largest absolute Gasteiger partial charge is 0.380 e. The van der Waals surface area contributed by atoms with E-state index >= 15 is 0 Å². The van der Waals surface area contributed by atoms with Gasteiger partial charge in [-0.1, -0.05) is 15.9 Å². The summed E-state index contributed by atoms with van der Waals surface area (Å²) in [6.45, 7) is 7.43. The molecule has 4 nitrogen and oxygen atoms in total. The molecule has 0 saturated carbocycles. The molecule has 0 heterocycles. The standard InChI is InChI=1S/C15H21BrINO3/c1-3-20-9-7-18(8-10-21-4-2)15(19)13-11-12(16)5-6-14(13)17/h5-6,11H,3-4,7-10H2,1-2H3. The van der Waals surface area contributed by atoms with Gasteiger partial charge in [-0.2, -0.15) is 0 Å². The monoisotopic (exact) mass is 469 g/mol. The minimum absolute atomic E-state index is 0.0140. The summed E-state index contributed by atoms with van der Waals surface area (Å²) in [4.78, 5) is 14.5. The molecule has 21 heavy (non-hydrogen) atoms. The Bertz CT molecular complexity index is 447. The van der Waals surface area contributed by atoms with Crippen molar-refractivity contribution in [3.05, 3.63) is 31.8 Å². The first-order valence-corrected chi connectivity index (χ1v) is 8.87. The number of carbonyl (C=O) groups is 1. The maximum atomic E-state index is 12.7. The van der Waals surface area contributed by atoms with Gasteiger partial charge >= 0.3 is 0 Å². The molecule has 0 radical (unpaired) electrons. The van der Waals surface area contributed by atoms with Crippen LogP contribution < -0.4 is 0 Å². The first kappa shape index (κ1) is 18.9. The Balaban J connectivity index is 2.79. The first-order valence-electron chi connectivity index (χ1n) is 7.00. The molecule has 0 aliphatic carbocycles. The summed E-state index contributed by atoms with van der Waals surface area (Å²) >= 11 is 5.60. The maximum Gasteiger partial charge on any atom is 0.255 e. The Labute approximate surface area is 148 Å². The molecule has 1 amide bonds. The highest BCUT2D eigenvalue weighted by atomic mass is 127. The van der Waals surface area contributed by atoms with E-state index in [0.717, 1.165) is 8.04 Å². The van der Waals surface area contributed by atoms with Gasteiger partial charge in [0.05, 0.1) is 18.8 Å². The average molecular weight is 470 g/mol. The minimum Gasteiger partial charge on any atom is -0.380 e. The molecule has 118 valence electrons. The molecule has 0 aliphatic rings. The van der Waals surface area contributed by atoms with E-state index in [1.807, 2.05) is 32.0 Å². The predicted molar refractivity (Wildman–Crippen MR) is 95.7 cm³/mol. The van der Waals surface area contributed by atoms with Gasteiger partial charge in [-0.15, -0.1) is 0 Å². The fraction of sp³-hybridized carbons (Fsp3) is 0.533. The zero-order valence-electron chi connectivity index (χ0n) is 12.4. The van der Waals surface area contributed by atoms with E-state index in [1.54, 1.807) is 4.90 Å². The Kier molecular flexibility index (Phi) is 9.46. The van der Waals surface area contributed by atoms with E-state index in [1.165, 1.54) is 0 Å². The van der Waals surface area contributed by atoms with Crippen LogP contribution in [0.1, 0.15) is 24.2 Å². The van der Waals surface area contributed by atoms with Gasteiger partial charge in [-0.25, -0.2) is 0 Å². The van der Waals surface area contributed by atoms with Crippen molar-refractivity contribution in [2.75, 3.05) is 39.5 Å². The van der Waals surface area contributed by atoms with Gasteiger partial charge in [0.2, 0.25) is 0 Å². The lowest BCUT2D eigenvalue weighted by Gasteiger charge is -2.23. The lowest BCUT2D eigenvalue weighted by atomic mass is 10.2. The van der Waals surface area contributed by atoms with E-state index in [4.69, 9.17) is 9.47 Å². The quantitative estimate of drug-likeness (QED) is 0.410. The van der Waals surface area contributed by atoms with Gasteiger partial charge in [0, 0.05) is 34.3 Å². The summed E-state index contributed by atoms with van der Waals surface area (Å²) in [6.07, 6.45) is 0. The second-order valence-corrected chi connectivity index (χ2v) is 6.39. The van der Waals surface area contributed by atoms with Crippen LogP contribution in [-0.4, -0.2) is 50.3 Å². The Morgan fingerprint density at radius 1 is 1.19 bits per heavy atom. The number of carbonyl (C=O) groups excluding carboxylic acids is 1. The Morgan fingerprint density at radius 2 is 1.76 bits per heavy atom. The first-order chi connectivity index (χ1) is 10.1. The number of benzene rings is 1. The summed E-state index contributed by atoms with van der Waals surface area (Å²) in [5.41, 5.74) is 0.706. The van der Waals surface area contributed by atoms with Crippen LogP contribution in [0.25, 0.3) is 0 Å². The van der Waals surface area contributed by atoms with Crippen molar-refractivity contribution in [3.63, 3.8) is 0 Å². The van der Waals surface area contributed by atoms with E-state index < -0.39 is 0 Å². The average Bonchev–Trinajstić information content (AvgIpc) is 2.48. The highest BCUT2D eigenvalue weighted by molar-refractivity contribution is 14.1. The maximum absolute atomic E-state index is 12.7. The molecule has 0 fully saturated rings. The van der Waals surface area contributed by atoms with Crippen molar-refractivity contribution >= 4 is 44.4 Å². The highest BCUT2D eigenvalue weighted by Gasteiger charge is 2.18. The summed E-state index contributed by atoms with van der Waals surface area (Å²) in [5.74, 6) is 0.0140. The van der Waals surface area contributed by atoms with Crippen molar-refractivity contribution in [2.24, 2.45) is 0 Å². The molecule has 0 saturated heterocycles. The van der Waals surface area contributed by atoms with Crippen LogP contribution in [0.4, 0.5) is 0 Å². The number of nitrogens with zero attached hydrogens (tertiary/aromatic N) is 1. The summed E-state index contributed by atoms with van der Waals surface area (Å²) in [7, 11) is 0. The lowest BCUT2D eigenvalue weighted by Crippen LogP contribution is -2.37. The van der Waals surface area contributed by atoms with Crippen LogP contribution in [-0.2, 0) is 9.47 Å². The molecular formula is C15H21BrINO3. The van der Waals surface area contributed by atoms with Crippen LogP contribution in [0.3, 0.4) is 0 Å². The number of rotatable bonds is 9. The van der Waals surface area contributed by atoms with Crippen LogP contribution in [0.5, 0.6) is 0 Å². The third-order valence-electron chi connectivity index (χ3n) is 2.87.